The molecule has 6 nitrogen and oxygen atoms in total. The van der Waals surface area contributed by atoms with Gasteiger partial charge >= 0.3 is 12.4 Å². The fourth-order valence-corrected chi connectivity index (χ4v) is 2.45. The Kier molecular flexibility index (Phi) is 6.16. The van der Waals surface area contributed by atoms with E-state index < -0.39 is 43.2 Å². The summed E-state index contributed by atoms with van der Waals surface area (Å²) < 4.78 is 78.0. The highest BCUT2D eigenvalue weighted by Crippen LogP contribution is 2.24. The fraction of sp³-hybridized carbons (Fsp3) is 0.533. The van der Waals surface area contributed by atoms with Crippen LogP contribution < -0.4 is 10.1 Å². The number of hydrogen-bond acceptors (Lipinski definition) is 4. The van der Waals surface area contributed by atoms with E-state index in [9.17, 15) is 35.9 Å². The molecule has 0 aromatic carbocycles. The maximum absolute atomic E-state index is 12.4. The zero-order chi connectivity index (χ0) is 20.2. The number of likely N-dealkylation sites (tertiary alicyclic amines) is 1. The number of amides is 2. The van der Waals surface area contributed by atoms with Crippen molar-refractivity contribution in [2.45, 2.75) is 25.3 Å². The number of pyridine rings is 1. The molecule has 150 valence electrons. The molecular formula is C15H15F6N3O3. The third kappa shape index (κ3) is 6.94. The lowest BCUT2D eigenvalue weighted by Gasteiger charge is -2.18. The number of alkyl halides is 6. The van der Waals surface area contributed by atoms with Gasteiger partial charge in [0.2, 0.25) is 17.7 Å². The molecule has 1 unspecified atom stereocenters. The van der Waals surface area contributed by atoms with Crippen molar-refractivity contribution in [3.8, 4) is 5.88 Å². The lowest BCUT2D eigenvalue weighted by molar-refractivity contribution is -0.157. The summed E-state index contributed by atoms with van der Waals surface area (Å²) in [6.45, 7) is -3.39. The van der Waals surface area contributed by atoms with Gasteiger partial charge < -0.3 is 15.0 Å². The zero-order valence-corrected chi connectivity index (χ0v) is 13.7. The van der Waals surface area contributed by atoms with Gasteiger partial charge in [-0.15, -0.1) is 0 Å². The second kappa shape index (κ2) is 8.01. The number of nitrogens with one attached hydrogen (secondary N) is 1. The van der Waals surface area contributed by atoms with Crippen molar-refractivity contribution in [3.63, 3.8) is 0 Å². The molecule has 0 aliphatic carbocycles. The summed E-state index contributed by atoms with van der Waals surface area (Å²) in [7, 11) is 0. The Balaban J connectivity index is 1.86. The molecule has 1 saturated heterocycles. The molecule has 1 aromatic heterocycles. The third-order valence-corrected chi connectivity index (χ3v) is 3.61. The van der Waals surface area contributed by atoms with Gasteiger partial charge in [0, 0.05) is 31.8 Å². The van der Waals surface area contributed by atoms with E-state index in [0.717, 1.165) is 0 Å². The average Bonchev–Trinajstić information content (AvgIpc) is 2.89. The molecule has 0 bridgehead atoms. The van der Waals surface area contributed by atoms with Crippen LogP contribution in [-0.4, -0.2) is 53.7 Å². The van der Waals surface area contributed by atoms with Crippen LogP contribution in [0.15, 0.2) is 18.3 Å². The number of nitrogens with zero attached hydrogens (tertiary/aromatic N) is 2. The Hall–Kier alpha value is -2.53. The number of hydrogen-bond donors (Lipinski definition) is 1. The van der Waals surface area contributed by atoms with Gasteiger partial charge in [-0.1, -0.05) is 0 Å². The Morgan fingerprint density at radius 1 is 1.26 bits per heavy atom. The van der Waals surface area contributed by atoms with Crippen LogP contribution in [0.3, 0.4) is 0 Å². The van der Waals surface area contributed by atoms with E-state index in [4.69, 9.17) is 0 Å². The molecule has 1 aromatic rings. The number of rotatable bonds is 6. The lowest BCUT2D eigenvalue weighted by atomic mass is 10.1. The molecule has 1 aliphatic rings. The summed E-state index contributed by atoms with van der Waals surface area (Å²) in [5, 5.41) is 2.44. The van der Waals surface area contributed by atoms with Crippen LogP contribution in [0.5, 0.6) is 5.88 Å². The number of carbonyl (C=O) groups is 2. The maximum Gasteiger partial charge on any atom is 0.422 e. The van der Waals surface area contributed by atoms with Gasteiger partial charge in [-0.2, -0.15) is 26.3 Å². The van der Waals surface area contributed by atoms with Crippen LogP contribution in [-0.2, 0) is 16.1 Å². The van der Waals surface area contributed by atoms with Crippen LogP contribution in [0.1, 0.15) is 12.0 Å². The van der Waals surface area contributed by atoms with Crippen LogP contribution in [0.25, 0.3) is 0 Å². The zero-order valence-electron chi connectivity index (χ0n) is 13.7. The predicted octanol–water partition coefficient (Wildman–Crippen LogP) is 2.05. The van der Waals surface area contributed by atoms with Gasteiger partial charge in [0.1, 0.15) is 6.54 Å². The second-order valence-electron chi connectivity index (χ2n) is 5.91. The van der Waals surface area contributed by atoms with Crippen molar-refractivity contribution in [2.75, 3.05) is 19.7 Å². The van der Waals surface area contributed by atoms with E-state index in [1.165, 1.54) is 18.3 Å². The molecule has 1 atom stereocenters. The predicted molar refractivity (Wildman–Crippen MR) is 78.4 cm³/mol. The molecule has 0 radical (unpaired) electrons. The van der Waals surface area contributed by atoms with Crippen molar-refractivity contribution in [2.24, 2.45) is 5.92 Å². The number of ether oxygens (including phenoxy) is 1. The monoisotopic (exact) mass is 399 g/mol. The summed E-state index contributed by atoms with van der Waals surface area (Å²) in [6.07, 6.45) is -8.22. The molecule has 1 aliphatic heterocycles. The summed E-state index contributed by atoms with van der Waals surface area (Å²) in [5.74, 6) is -2.60. The largest absolute Gasteiger partial charge is 0.468 e. The highest BCUT2D eigenvalue weighted by Gasteiger charge is 2.40. The molecule has 2 rings (SSSR count). The molecule has 1 N–H and O–H groups in total. The first-order valence-electron chi connectivity index (χ1n) is 7.70. The summed E-state index contributed by atoms with van der Waals surface area (Å²) in [4.78, 5) is 27.8. The molecule has 0 spiro atoms. The summed E-state index contributed by atoms with van der Waals surface area (Å²) in [6, 6.07) is 2.62. The first-order valence-corrected chi connectivity index (χ1v) is 7.70. The van der Waals surface area contributed by atoms with Crippen molar-refractivity contribution in [1.82, 2.24) is 15.2 Å². The fourth-order valence-electron chi connectivity index (χ4n) is 2.45. The molecule has 2 heterocycles. The Bertz CT molecular complexity index is 692. The Morgan fingerprint density at radius 3 is 2.59 bits per heavy atom. The van der Waals surface area contributed by atoms with Gasteiger partial charge in [0.25, 0.3) is 0 Å². The number of halogens is 6. The first-order chi connectivity index (χ1) is 12.4. The van der Waals surface area contributed by atoms with E-state index in [2.05, 4.69) is 15.0 Å². The molecular weight excluding hydrogens is 384 g/mol. The van der Waals surface area contributed by atoms with Crippen LogP contribution in [0.2, 0.25) is 0 Å². The standard InChI is InChI=1S/C15H15F6N3O3/c16-14(17,18)7-24-6-10(4-12(24)25)13(26)23-5-9-1-2-22-11(3-9)27-8-15(19,20)21/h1-3,10H,4-8H2,(H,23,26). The molecule has 12 heteroatoms. The van der Waals surface area contributed by atoms with Gasteiger partial charge in [0.15, 0.2) is 6.61 Å². The number of aromatic nitrogens is 1. The minimum atomic E-state index is -4.55. The van der Waals surface area contributed by atoms with E-state index in [1.54, 1.807) is 0 Å². The Labute approximate surface area is 149 Å². The minimum Gasteiger partial charge on any atom is -0.468 e. The van der Waals surface area contributed by atoms with Crippen molar-refractivity contribution < 1.29 is 40.7 Å². The summed E-state index contributed by atoms with van der Waals surface area (Å²) >= 11 is 0. The molecule has 2 amide bonds. The lowest BCUT2D eigenvalue weighted by Crippen LogP contribution is -2.37. The Morgan fingerprint density at radius 2 is 1.96 bits per heavy atom. The van der Waals surface area contributed by atoms with Crippen molar-refractivity contribution >= 4 is 11.8 Å². The summed E-state index contributed by atoms with van der Waals surface area (Å²) in [5.41, 5.74) is 0.381. The highest BCUT2D eigenvalue weighted by molar-refractivity contribution is 5.89. The topological polar surface area (TPSA) is 71.5 Å². The van der Waals surface area contributed by atoms with Crippen LogP contribution in [0.4, 0.5) is 26.3 Å². The van der Waals surface area contributed by atoms with Gasteiger partial charge in [0.05, 0.1) is 5.92 Å². The van der Waals surface area contributed by atoms with Gasteiger partial charge in [-0.25, -0.2) is 4.98 Å². The SMILES string of the molecule is O=C(NCc1ccnc(OCC(F)(F)F)c1)C1CC(=O)N(CC(F)(F)F)C1. The van der Waals surface area contributed by atoms with E-state index in [-0.39, 0.29) is 25.4 Å². The normalized spacial score (nSPS) is 17.9. The van der Waals surface area contributed by atoms with E-state index in [0.29, 0.717) is 10.5 Å². The third-order valence-electron chi connectivity index (χ3n) is 3.61. The average molecular weight is 399 g/mol. The molecule has 0 saturated carbocycles. The van der Waals surface area contributed by atoms with Crippen molar-refractivity contribution in [1.29, 1.82) is 0 Å². The van der Waals surface area contributed by atoms with Crippen LogP contribution in [0, 0.1) is 5.92 Å². The molecule has 27 heavy (non-hydrogen) atoms. The highest BCUT2D eigenvalue weighted by atomic mass is 19.4. The first kappa shape index (κ1) is 20.8. The second-order valence-corrected chi connectivity index (χ2v) is 5.91. The quantitative estimate of drug-likeness (QED) is 0.744. The van der Waals surface area contributed by atoms with Gasteiger partial charge in [-0.05, 0) is 11.6 Å². The maximum atomic E-state index is 12.4. The molecule has 1 fully saturated rings. The van der Waals surface area contributed by atoms with Crippen LogP contribution >= 0.6 is 0 Å². The van der Waals surface area contributed by atoms with E-state index >= 15 is 0 Å². The van der Waals surface area contributed by atoms with Crippen molar-refractivity contribution in [3.05, 3.63) is 23.9 Å². The van der Waals surface area contributed by atoms with Gasteiger partial charge in [-0.3, -0.25) is 9.59 Å². The smallest absolute Gasteiger partial charge is 0.422 e. The number of carbonyl (C=O) groups excluding carboxylic acids is 2. The van der Waals surface area contributed by atoms with E-state index in [1.807, 2.05) is 0 Å². The minimum absolute atomic E-state index is 0.103.